The maximum absolute atomic E-state index is 12.3. The second-order valence-corrected chi connectivity index (χ2v) is 6.75. The molecule has 0 unspecified atom stereocenters. The lowest BCUT2D eigenvalue weighted by Gasteiger charge is -2.09. The Balaban J connectivity index is 2.49. The predicted molar refractivity (Wildman–Crippen MR) is 76.1 cm³/mol. The molecular formula is C11H9ClN2O4S2. The number of hydrogen-bond donors (Lipinski definition) is 2. The van der Waals surface area contributed by atoms with E-state index in [0.717, 1.165) is 11.3 Å². The second-order valence-electron chi connectivity index (χ2n) is 3.84. The van der Waals surface area contributed by atoms with Gasteiger partial charge in [-0.2, -0.15) is 0 Å². The Morgan fingerprint density at radius 3 is 2.80 bits per heavy atom. The molecule has 106 valence electrons. The van der Waals surface area contributed by atoms with Gasteiger partial charge in [-0.25, -0.2) is 13.2 Å². The lowest BCUT2D eigenvalue weighted by Crippen LogP contribution is -2.16. The van der Waals surface area contributed by atoms with Crippen LogP contribution >= 0.6 is 22.9 Å². The minimum atomic E-state index is -4.04. The van der Waals surface area contributed by atoms with Crippen LogP contribution in [0.15, 0.2) is 28.7 Å². The molecular weight excluding hydrogens is 324 g/mol. The number of carboxylic acids is 1. The van der Waals surface area contributed by atoms with E-state index in [9.17, 15) is 13.2 Å². The van der Waals surface area contributed by atoms with E-state index >= 15 is 0 Å². The molecule has 9 heteroatoms. The van der Waals surface area contributed by atoms with Gasteiger partial charge in [-0.05, 0) is 23.9 Å². The highest BCUT2D eigenvalue weighted by Crippen LogP contribution is 2.30. The van der Waals surface area contributed by atoms with E-state index in [0.29, 0.717) is 5.56 Å². The Bertz CT molecular complexity index is 770. The molecule has 0 amide bonds. The molecule has 0 bridgehead atoms. The smallest absolute Gasteiger partial charge is 0.347 e. The van der Waals surface area contributed by atoms with E-state index in [-0.39, 0.29) is 20.5 Å². The summed E-state index contributed by atoms with van der Waals surface area (Å²) in [6.45, 7) is 1.53. The Hall–Kier alpha value is -1.64. The number of nitrogens with one attached hydrogen (secondary N) is 1. The first-order chi connectivity index (χ1) is 9.33. The van der Waals surface area contributed by atoms with Crippen molar-refractivity contribution in [3.05, 3.63) is 39.3 Å². The lowest BCUT2D eigenvalue weighted by atomic mass is 10.3. The summed E-state index contributed by atoms with van der Waals surface area (Å²) in [4.78, 5) is 14.4. The van der Waals surface area contributed by atoms with Gasteiger partial charge in [0.25, 0.3) is 10.0 Å². The van der Waals surface area contributed by atoms with Crippen LogP contribution in [-0.4, -0.2) is 24.5 Å². The zero-order chi connectivity index (χ0) is 14.9. The highest BCUT2D eigenvalue weighted by atomic mass is 35.5. The fourth-order valence-corrected chi connectivity index (χ4v) is 4.47. The number of aromatic carboxylic acids is 1. The molecule has 0 saturated carbocycles. The van der Waals surface area contributed by atoms with Crippen LogP contribution in [-0.2, 0) is 10.0 Å². The second kappa shape index (κ2) is 5.39. The van der Waals surface area contributed by atoms with Gasteiger partial charge >= 0.3 is 5.97 Å². The van der Waals surface area contributed by atoms with Gasteiger partial charge in [0.05, 0.1) is 16.9 Å². The molecule has 20 heavy (non-hydrogen) atoms. The molecule has 2 aromatic rings. The molecule has 0 aliphatic rings. The number of aromatic nitrogens is 1. The number of anilines is 1. The lowest BCUT2D eigenvalue weighted by molar-refractivity contribution is 0.0698. The van der Waals surface area contributed by atoms with Crippen molar-refractivity contribution >= 4 is 44.6 Å². The van der Waals surface area contributed by atoms with E-state index in [2.05, 4.69) is 9.71 Å². The topological polar surface area (TPSA) is 96.4 Å². The molecule has 2 heterocycles. The summed E-state index contributed by atoms with van der Waals surface area (Å²) >= 11 is 6.71. The number of carbonyl (C=O) groups is 1. The Kier molecular flexibility index (Phi) is 3.98. The summed E-state index contributed by atoms with van der Waals surface area (Å²) in [5.41, 5.74) is 0.455. The van der Waals surface area contributed by atoms with Crippen LogP contribution in [0.4, 0.5) is 5.69 Å². The van der Waals surface area contributed by atoms with Crippen molar-refractivity contribution in [2.24, 2.45) is 0 Å². The maximum atomic E-state index is 12.3. The van der Waals surface area contributed by atoms with Crippen molar-refractivity contribution in [3.63, 3.8) is 0 Å². The van der Waals surface area contributed by atoms with Gasteiger partial charge in [-0.1, -0.05) is 11.6 Å². The highest BCUT2D eigenvalue weighted by Gasteiger charge is 2.27. The van der Waals surface area contributed by atoms with Crippen molar-refractivity contribution < 1.29 is 18.3 Å². The Morgan fingerprint density at radius 1 is 1.50 bits per heavy atom. The third-order valence-electron chi connectivity index (χ3n) is 2.39. The van der Waals surface area contributed by atoms with Gasteiger partial charge in [0.2, 0.25) is 0 Å². The zero-order valence-corrected chi connectivity index (χ0v) is 12.5. The summed E-state index contributed by atoms with van der Waals surface area (Å²) in [6.07, 6.45) is 2.67. The average Bonchev–Trinajstić information content (AvgIpc) is 2.75. The molecule has 0 saturated heterocycles. The number of halogens is 1. The molecule has 0 radical (unpaired) electrons. The molecule has 0 aliphatic heterocycles. The first kappa shape index (κ1) is 14.8. The van der Waals surface area contributed by atoms with Gasteiger partial charge in [-0.15, -0.1) is 11.3 Å². The van der Waals surface area contributed by atoms with Gasteiger partial charge in [0.15, 0.2) is 0 Å². The van der Waals surface area contributed by atoms with Gasteiger partial charge in [0.1, 0.15) is 9.77 Å². The number of pyridine rings is 1. The fourth-order valence-electron chi connectivity index (χ4n) is 1.56. The van der Waals surface area contributed by atoms with Crippen molar-refractivity contribution in [2.45, 2.75) is 11.8 Å². The van der Waals surface area contributed by atoms with E-state index in [4.69, 9.17) is 16.7 Å². The number of aryl methyl sites for hydroxylation is 1. The van der Waals surface area contributed by atoms with E-state index < -0.39 is 16.0 Å². The first-order valence-corrected chi connectivity index (χ1v) is 8.00. The number of carboxylic acid groups (broad SMARTS) is 1. The Morgan fingerprint density at radius 2 is 2.20 bits per heavy atom. The molecule has 0 spiro atoms. The number of nitrogens with zero attached hydrogens (tertiary/aromatic N) is 1. The molecule has 0 atom stereocenters. The molecule has 2 aromatic heterocycles. The standard InChI is InChI=1S/C11H9ClN2O4S2/c1-6-5-19-9(11(15)16)10(6)20(17,18)14-8-4-13-3-2-7(8)12/h2-5,14H,1H3,(H,15,16). The van der Waals surface area contributed by atoms with E-state index in [1.54, 1.807) is 0 Å². The van der Waals surface area contributed by atoms with Crippen LogP contribution in [0, 0.1) is 6.92 Å². The molecule has 0 aliphatic carbocycles. The number of sulfonamides is 1. The highest BCUT2D eigenvalue weighted by molar-refractivity contribution is 7.93. The summed E-state index contributed by atoms with van der Waals surface area (Å²) in [5.74, 6) is -1.29. The number of thiophene rings is 1. The Labute approximate surface area is 124 Å². The third-order valence-corrected chi connectivity index (χ3v) is 5.49. The van der Waals surface area contributed by atoms with Gasteiger partial charge in [-0.3, -0.25) is 9.71 Å². The van der Waals surface area contributed by atoms with Crippen LogP contribution in [0.3, 0.4) is 0 Å². The third kappa shape index (κ3) is 2.77. The predicted octanol–water partition coefficient (Wildman–Crippen LogP) is 2.60. The van der Waals surface area contributed by atoms with Crippen LogP contribution in [0.25, 0.3) is 0 Å². The van der Waals surface area contributed by atoms with Crippen LogP contribution < -0.4 is 4.72 Å². The molecule has 0 aromatic carbocycles. The minimum Gasteiger partial charge on any atom is -0.477 e. The summed E-state index contributed by atoms with van der Waals surface area (Å²) in [5, 5.41) is 10.7. The number of hydrogen-bond acceptors (Lipinski definition) is 5. The van der Waals surface area contributed by atoms with Crippen molar-refractivity contribution in [3.8, 4) is 0 Å². The normalized spacial score (nSPS) is 11.3. The minimum absolute atomic E-state index is 0.0936. The largest absolute Gasteiger partial charge is 0.477 e. The monoisotopic (exact) mass is 332 g/mol. The SMILES string of the molecule is Cc1csc(C(=O)O)c1S(=O)(=O)Nc1cnccc1Cl. The fraction of sp³-hybridized carbons (Fsp3) is 0.0909. The average molecular weight is 333 g/mol. The van der Waals surface area contributed by atoms with Crippen LogP contribution in [0.2, 0.25) is 5.02 Å². The van der Waals surface area contributed by atoms with Crippen LogP contribution in [0.1, 0.15) is 15.2 Å². The van der Waals surface area contributed by atoms with E-state index in [1.807, 2.05) is 0 Å². The van der Waals surface area contributed by atoms with Crippen molar-refractivity contribution in [1.82, 2.24) is 4.98 Å². The van der Waals surface area contributed by atoms with Gasteiger partial charge < -0.3 is 5.11 Å². The zero-order valence-electron chi connectivity index (χ0n) is 10.1. The van der Waals surface area contributed by atoms with Crippen LogP contribution in [0.5, 0.6) is 0 Å². The van der Waals surface area contributed by atoms with Gasteiger partial charge in [0, 0.05) is 6.20 Å². The summed E-state index contributed by atoms with van der Waals surface area (Å²) < 4.78 is 26.9. The molecule has 2 N–H and O–H groups in total. The summed E-state index contributed by atoms with van der Waals surface area (Å²) in [6, 6.07) is 1.43. The van der Waals surface area contributed by atoms with E-state index in [1.165, 1.54) is 30.8 Å². The summed E-state index contributed by atoms with van der Waals surface area (Å²) in [7, 11) is -4.04. The molecule has 2 rings (SSSR count). The maximum Gasteiger partial charge on any atom is 0.347 e. The molecule has 6 nitrogen and oxygen atoms in total. The molecule has 0 fully saturated rings. The number of rotatable bonds is 4. The van der Waals surface area contributed by atoms with Crippen molar-refractivity contribution in [2.75, 3.05) is 4.72 Å². The first-order valence-electron chi connectivity index (χ1n) is 5.26. The quantitative estimate of drug-likeness (QED) is 0.897. The van der Waals surface area contributed by atoms with Crippen molar-refractivity contribution in [1.29, 1.82) is 0 Å².